The topological polar surface area (TPSA) is 99.5 Å². The minimum absolute atomic E-state index is 0.00928. The molecule has 2 aromatic rings. The molecule has 4 rings (SSSR count). The number of benzene rings is 2. The Kier molecular flexibility index (Phi) is 5.56. The Morgan fingerprint density at radius 3 is 2.55 bits per heavy atom. The fourth-order valence-corrected chi connectivity index (χ4v) is 3.81. The molecule has 31 heavy (non-hydrogen) atoms. The third kappa shape index (κ3) is 3.94. The summed E-state index contributed by atoms with van der Waals surface area (Å²) in [5.74, 6) is -0.718. The van der Waals surface area contributed by atoms with Gasteiger partial charge in [-0.25, -0.2) is 0 Å². The van der Waals surface area contributed by atoms with Crippen LogP contribution in [0.25, 0.3) is 5.76 Å². The van der Waals surface area contributed by atoms with Crippen molar-refractivity contribution in [3.8, 4) is 17.2 Å². The van der Waals surface area contributed by atoms with E-state index in [2.05, 4.69) is 0 Å². The molecule has 0 spiro atoms. The largest absolute Gasteiger partial charge is 0.508 e. The molecule has 2 N–H and O–H groups in total. The van der Waals surface area contributed by atoms with Gasteiger partial charge in [-0.15, -0.1) is 0 Å². The quantitative estimate of drug-likeness (QED) is 0.431. The average molecular weight is 424 g/mol. The van der Waals surface area contributed by atoms with Gasteiger partial charge < -0.3 is 29.5 Å². The van der Waals surface area contributed by atoms with Crippen molar-refractivity contribution >= 4 is 17.4 Å². The summed E-state index contributed by atoms with van der Waals surface area (Å²) in [4.78, 5) is 29.2. The average Bonchev–Trinajstić information content (AvgIpc) is 3.01. The SMILES string of the molecule is CN(C)CCN1C(=O)C(=O)C(=C(O)c2ccc3c(c2)OCCO3)C1c1cccc(O)c1. The number of amides is 1. The second-order valence-corrected chi connectivity index (χ2v) is 7.75. The zero-order valence-corrected chi connectivity index (χ0v) is 17.4. The first kappa shape index (κ1) is 20.7. The van der Waals surface area contributed by atoms with Crippen LogP contribution in [0.1, 0.15) is 17.2 Å². The van der Waals surface area contributed by atoms with Gasteiger partial charge in [-0.05, 0) is 50.0 Å². The van der Waals surface area contributed by atoms with E-state index in [-0.39, 0.29) is 23.6 Å². The number of nitrogens with zero attached hydrogens (tertiary/aromatic N) is 2. The van der Waals surface area contributed by atoms with Gasteiger partial charge in [-0.2, -0.15) is 0 Å². The second kappa shape index (κ2) is 8.31. The van der Waals surface area contributed by atoms with E-state index < -0.39 is 17.7 Å². The highest BCUT2D eigenvalue weighted by molar-refractivity contribution is 6.46. The molecule has 0 aliphatic carbocycles. The fraction of sp³-hybridized carbons (Fsp3) is 0.304. The van der Waals surface area contributed by atoms with Gasteiger partial charge in [0.25, 0.3) is 11.7 Å². The van der Waals surface area contributed by atoms with Crippen LogP contribution in [0.15, 0.2) is 48.0 Å². The van der Waals surface area contributed by atoms with Crippen molar-refractivity contribution in [2.45, 2.75) is 6.04 Å². The highest BCUT2D eigenvalue weighted by atomic mass is 16.6. The summed E-state index contributed by atoms with van der Waals surface area (Å²) in [5, 5.41) is 21.1. The summed E-state index contributed by atoms with van der Waals surface area (Å²) < 4.78 is 11.1. The molecule has 1 atom stereocenters. The Hall–Kier alpha value is -3.52. The van der Waals surface area contributed by atoms with Crippen LogP contribution in [0.2, 0.25) is 0 Å². The maximum absolute atomic E-state index is 13.0. The standard InChI is InChI=1S/C23H24N2O6/c1-24(2)8-9-25-20(14-4-3-5-16(26)12-14)19(22(28)23(25)29)21(27)15-6-7-17-18(13-15)31-11-10-30-17/h3-7,12-13,20,26-27H,8-11H2,1-2H3. The van der Waals surface area contributed by atoms with E-state index in [1.165, 1.54) is 17.0 Å². The predicted molar refractivity (Wildman–Crippen MR) is 113 cm³/mol. The van der Waals surface area contributed by atoms with Gasteiger partial charge in [0.05, 0.1) is 11.6 Å². The van der Waals surface area contributed by atoms with Gasteiger partial charge in [0.1, 0.15) is 24.7 Å². The second-order valence-electron chi connectivity index (χ2n) is 7.75. The van der Waals surface area contributed by atoms with E-state index in [0.29, 0.717) is 42.4 Å². The van der Waals surface area contributed by atoms with Gasteiger partial charge >= 0.3 is 0 Å². The molecule has 1 unspecified atom stereocenters. The van der Waals surface area contributed by atoms with E-state index in [4.69, 9.17) is 9.47 Å². The lowest BCUT2D eigenvalue weighted by Gasteiger charge is -2.26. The van der Waals surface area contributed by atoms with E-state index in [0.717, 1.165) is 0 Å². The fourth-order valence-electron chi connectivity index (χ4n) is 3.81. The van der Waals surface area contributed by atoms with E-state index in [1.54, 1.807) is 30.3 Å². The number of Topliss-reactive ketones (excluding diaryl/α,β-unsaturated/α-hetero) is 1. The highest BCUT2D eigenvalue weighted by Crippen LogP contribution is 2.41. The Labute approximate surface area is 179 Å². The number of hydrogen-bond acceptors (Lipinski definition) is 7. The van der Waals surface area contributed by atoms with E-state index >= 15 is 0 Å². The molecule has 2 aliphatic rings. The van der Waals surface area contributed by atoms with E-state index in [9.17, 15) is 19.8 Å². The van der Waals surface area contributed by atoms with Crippen LogP contribution >= 0.6 is 0 Å². The van der Waals surface area contributed by atoms with Crippen molar-refractivity contribution in [3.63, 3.8) is 0 Å². The molecule has 2 aromatic carbocycles. The number of carbonyl (C=O) groups is 2. The maximum atomic E-state index is 13.0. The number of phenols is 1. The summed E-state index contributed by atoms with van der Waals surface area (Å²) in [6, 6.07) is 10.4. The van der Waals surface area contributed by atoms with Crippen molar-refractivity contribution in [3.05, 3.63) is 59.2 Å². The number of fused-ring (bicyclic) bond motifs is 1. The predicted octanol–water partition coefficient (Wildman–Crippen LogP) is 2.15. The van der Waals surface area contributed by atoms with Crippen molar-refractivity contribution in [1.29, 1.82) is 0 Å². The molecular weight excluding hydrogens is 400 g/mol. The Morgan fingerprint density at radius 1 is 1.10 bits per heavy atom. The van der Waals surface area contributed by atoms with Crippen molar-refractivity contribution in [2.75, 3.05) is 40.4 Å². The molecule has 1 fully saturated rings. The summed E-state index contributed by atoms with van der Waals surface area (Å²) in [6.07, 6.45) is 0. The Morgan fingerprint density at radius 2 is 1.84 bits per heavy atom. The first-order chi connectivity index (χ1) is 14.9. The van der Waals surface area contributed by atoms with Gasteiger partial charge in [0.15, 0.2) is 11.5 Å². The van der Waals surface area contributed by atoms with Gasteiger partial charge in [-0.1, -0.05) is 12.1 Å². The van der Waals surface area contributed by atoms with Crippen LogP contribution in [0.5, 0.6) is 17.2 Å². The van der Waals surface area contributed by atoms with Crippen LogP contribution in [0.4, 0.5) is 0 Å². The number of rotatable bonds is 5. The highest BCUT2D eigenvalue weighted by Gasteiger charge is 2.46. The van der Waals surface area contributed by atoms with Crippen LogP contribution in [0, 0.1) is 0 Å². The number of aromatic hydroxyl groups is 1. The molecule has 0 radical (unpaired) electrons. The minimum Gasteiger partial charge on any atom is -0.508 e. The van der Waals surface area contributed by atoms with Crippen molar-refractivity contribution < 1.29 is 29.3 Å². The lowest BCUT2D eigenvalue weighted by atomic mass is 9.95. The molecule has 2 heterocycles. The lowest BCUT2D eigenvalue weighted by molar-refractivity contribution is -0.140. The number of aliphatic hydroxyl groups excluding tert-OH is 1. The monoisotopic (exact) mass is 424 g/mol. The van der Waals surface area contributed by atoms with Crippen LogP contribution < -0.4 is 9.47 Å². The van der Waals surface area contributed by atoms with Crippen LogP contribution in [-0.2, 0) is 9.59 Å². The molecule has 8 nitrogen and oxygen atoms in total. The molecule has 1 saturated heterocycles. The number of hydrogen-bond donors (Lipinski definition) is 2. The Bertz CT molecular complexity index is 1060. The number of phenolic OH excluding ortho intramolecular Hbond substituents is 1. The van der Waals surface area contributed by atoms with Crippen LogP contribution in [0.3, 0.4) is 0 Å². The molecule has 162 valence electrons. The summed E-state index contributed by atoms with van der Waals surface area (Å²) in [6.45, 7) is 1.64. The maximum Gasteiger partial charge on any atom is 0.295 e. The summed E-state index contributed by atoms with van der Waals surface area (Å²) in [5.41, 5.74) is 0.864. The normalized spacial score (nSPS) is 19.8. The molecule has 0 aromatic heterocycles. The lowest BCUT2D eigenvalue weighted by Crippen LogP contribution is -2.35. The number of carbonyl (C=O) groups excluding carboxylic acids is 2. The van der Waals surface area contributed by atoms with Crippen molar-refractivity contribution in [1.82, 2.24) is 9.80 Å². The zero-order valence-electron chi connectivity index (χ0n) is 17.4. The third-order valence-electron chi connectivity index (χ3n) is 5.33. The number of aliphatic hydroxyl groups is 1. The molecule has 1 amide bonds. The van der Waals surface area contributed by atoms with Crippen molar-refractivity contribution in [2.24, 2.45) is 0 Å². The first-order valence-electron chi connectivity index (χ1n) is 9.99. The molecular formula is C23H24N2O6. The third-order valence-corrected chi connectivity index (χ3v) is 5.33. The Balaban J connectivity index is 1.83. The van der Waals surface area contributed by atoms with E-state index in [1.807, 2.05) is 19.0 Å². The minimum atomic E-state index is -0.819. The number of likely N-dealkylation sites (N-methyl/N-ethyl adjacent to an activating group) is 1. The summed E-state index contributed by atoms with van der Waals surface area (Å²) >= 11 is 0. The molecule has 0 saturated carbocycles. The first-order valence-corrected chi connectivity index (χ1v) is 9.99. The smallest absolute Gasteiger partial charge is 0.295 e. The summed E-state index contributed by atoms with van der Waals surface area (Å²) in [7, 11) is 3.74. The van der Waals surface area contributed by atoms with Gasteiger partial charge in [0, 0.05) is 18.7 Å². The van der Waals surface area contributed by atoms with Gasteiger partial charge in [0.2, 0.25) is 0 Å². The zero-order chi connectivity index (χ0) is 22.1. The molecule has 2 aliphatic heterocycles. The molecule has 8 heteroatoms. The number of ketones is 1. The molecule has 0 bridgehead atoms. The number of ether oxygens (including phenoxy) is 2. The van der Waals surface area contributed by atoms with Gasteiger partial charge in [-0.3, -0.25) is 9.59 Å². The van der Waals surface area contributed by atoms with Crippen LogP contribution in [-0.4, -0.2) is 72.1 Å². The number of likely N-dealkylation sites (tertiary alicyclic amines) is 1.